The fraction of sp³-hybridized carbons (Fsp3) is 0.698. The van der Waals surface area contributed by atoms with E-state index in [0.29, 0.717) is 55.7 Å². The number of benzene rings is 2. The van der Waals surface area contributed by atoms with Crippen molar-refractivity contribution >= 4 is 20.1 Å². The van der Waals surface area contributed by atoms with Gasteiger partial charge in [0.1, 0.15) is 30.7 Å². The Morgan fingerprint density at radius 2 is 1.52 bits per heavy atom. The van der Waals surface area contributed by atoms with Gasteiger partial charge in [0.2, 0.25) is 8.32 Å². The second-order valence-corrected chi connectivity index (χ2v) is 26.6. The minimum atomic E-state index is -2.42. The number of allylic oxidation sites excluding steroid dienone is 1. The quantitative estimate of drug-likeness (QED) is 0.0515. The normalized spacial score (nSPS) is 27.5. The Balaban J connectivity index is 1.40. The van der Waals surface area contributed by atoms with Gasteiger partial charge >= 0.3 is 5.97 Å². The number of ketones is 1. The minimum absolute atomic E-state index is 0.00482. The molecule has 2 aromatic carbocycles. The molecule has 3 aliphatic rings. The fourth-order valence-corrected chi connectivity index (χ4v) is 15.8. The van der Waals surface area contributed by atoms with Crippen molar-refractivity contribution in [2.24, 2.45) is 5.41 Å². The highest BCUT2D eigenvalue weighted by Gasteiger charge is 2.52. The van der Waals surface area contributed by atoms with Crippen molar-refractivity contribution in [2.75, 3.05) is 20.3 Å². The SMILES string of the molecule is COc1ccc(CO[C@@H]2CCC[C@H](O[Si](C(C)C)(C(C)C)C(C)C)[C@@H](COC(=O)C(C)(C)C)O[C@@]2(C)CC(=O)/C=C/[C@H]2O[C@H](CCCOCc3ccccc3)C[C@@H]3OC(C)(C)O[C@@H]32)cc1. The van der Waals surface area contributed by atoms with Crippen LogP contribution >= 0.6 is 0 Å². The average Bonchev–Trinajstić information content (AvgIpc) is 3.56. The van der Waals surface area contributed by atoms with E-state index in [1.807, 2.05) is 90.1 Å². The molecule has 0 bridgehead atoms. The lowest BCUT2D eigenvalue weighted by Crippen LogP contribution is -2.57. The van der Waals surface area contributed by atoms with E-state index in [0.717, 1.165) is 36.1 Å². The van der Waals surface area contributed by atoms with Gasteiger partial charge in [-0.15, -0.1) is 0 Å². The van der Waals surface area contributed by atoms with E-state index in [1.165, 1.54) is 0 Å². The first kappa shape index (κ1) is 53.0. The number of fused-ring (bicyclic) bond motifs is 1. The Bertz CT molecular complexity index is 1780. The second kappa shape index (κ2) is 23.4. The van der Waals surface area contributed by atoms with Crippen LogP contribution in [0.3, 0.4) is 0 Å². The van der Waals surface area contributed by atoms with Crippen LogP contribution in [0.25, 0.3) is 0 Å². The number of hydrogen-bond acceptors (Lipinski definition) is 11. The summed E-state index contributed by atoms with van der Waals surface area (Å²) < 4.78 is 58.5. The molecular formula is C53H82O11Si. The van der Waals surface area contributed by atoms with E-state index in [9.17, 15) is 9.59 Å². The molecule has 11 nitrogen and oxygen atoms in total. The fourth-order valence-electron chi connectivity index (χ4n) is 10.2. The third-order valence-electron chi connectivity index (χ3n) is 13.4. The molecule has 0 aromatic heterocycles. The van der Waals surface area contributed by atoms with Crippen LogP contribution in [-0.4, -0.2) is 94.5 Å². The van der Waals surface area contributed by atoms with E-state index >= 15 is 0 Å². The van der Waals surface area contributed by atoms with Crippen LogP contribution < -0.4 is 4.74 Å². The number of rotatable bonds is 21. The van der Waals surface area contributed by atoms with Crippen LogP contribution in [0.2, 0.25) is 16.6 Å². The number of esters is 1. The van der Waals surface area contributed by atoms with Crippen molar-refractivity contribution in [3.05, 3.63) is 77.9 Å². The summed E-state index contributed by atoms with van der Waals surface area (Å²) in [4.78, 5) is 27.9. The minimum Gasteiger partial charge on any atom is -0.497 e. The third kappa shape index (κ3) is 14.5. The number of carbonyl (C=O) groups excluding carboxylic acids is 2. The predicted octanol–water partition coefficient (Wildman–Crippen LogP) is 11.2. The van der Waals surface area contributed by atoms with Gasteiger partial charge in [-0.05, 0) is 126 Å². The van der Waals surface area contributed by atoms with Crippen LogP contribution in [0.1, 0.15) is 139 Å². The molecule has 3 fully saturated rings. The van der Waals surface area contributed by atoms with Crippen molar-refractivity contribution in [3.63, 3.8) is 0 Å². The molecule has 0 spiro atoms. The average molecular weight is 923 g/mol. The molecule has 0 aliphatic carbocycles. The highest BCUT2D eigenvalue weighted by Crippen LogP contribution is 2.45. The lowest BCUT2D eigenvalue weighted by Gasteiger charge is -2.49. The summed E-state index contributed by atoms with van der Waals surface area (Å²) in [5.74, 6) is -0.472. The topological polar surface area (TPSA) is 117 Å². The molecule has 0 unspecified atom stereocenters. The lowest BCUT2D eigenvalue weighted by atomic mass is 9.86. The first-order chi connectivity index (χ1) is 30.7. The molecule has 2 aromatic rings. The molecule has 3 aliphatic heterocycles. The van der Waals surface area contributed by atoms with E-state index in [-0.39, 0.29) is 49.2 Å². The summed E-state index contributed by atoms with van der Waals surface area (Å²) in [6.07, 6.45) is 5.31. The van der Waals surface area contributed by atoms with Gasteiger partial charge in [0.25, 0.3) is 0 Å². The van der Waals surface area contributed by atoms with Crippen molar-refractivity contribution in [2.45, 2.75) is 212 Å². The highest BCUT2D eigenvalue weighted by atomic mass is 28.4. The lowest BCUT2D eigenvalue weighted by molar-refractivity contribution is -0.213. The first-order valence-corrected chi connectivity index (χ1v) is 26.4. The van der Waals surface area contributed by atoms with Gasteiger partial charge in [0.15, 0.2) is 11.6 Å². The molecular weight excluding hydrogens is 841 g/mol. The second-order valence-electron chi connectivity index (χ2n) is 21.1. The van der Waals surface area contributed by atoms with E-state index < -0.39 is 43.4 Å². The summed E-state index contributed by atoms with van der Waals surface area (Å²) in [6, 6.07) is 18.0. The largest absolute Gasteiger partial charge is 0.497 e. The number of ether oxygens (including phenoxy) is 8. The Morgan fingerprint density at radius 3 is 2.15 bits per heavy atom. The molecule has 8 atom stereocenters. The van der Waals surface area contributed by atoms with E-state index in [2.05, 4.69) is 53.7 Å². The van der Waals surface area contributed by atoms with Gasteiger partial charge in [0.05, 0.1) is 55.8 Å². The maximum absolute atomic E-state index is 14.5. The van der Waals surface area contributed by atoms with Gasteiger partial charge in [-0.25, -0.2) is 0 Å². The van der Waals surface area contributed by atoms with E-state index in [4.69, 9.17) is 42.3 Å². The highest BCUT2D eigenvalue weighted by molar-refractivity contribution is 6.77. The molecule has 0 radical (unpaired) electrons. The monoisotopic (exact) mass is 923 g/mol. The van der Waals surface area contributed by atoms with Crippen molar-refractivity contribution in [1.29, 1.82) is 0 Å². The summed E-state index contributed by atoms with van der Waals surface area (Å²) in [7, 11) is -0.774. The zero-order valence-corrected chi connectivity index (χ0v) is 42.9. The molecule has 3 saturated heterocycles. The molecule has 65 heavy (non-hydrogen) atoms. The van der Waals surface area contributed by atoms with Gasteiger partial charge in [0, 0.05) is 19.4 Å². The molecule has 0 N–H and O–H groups in total. The van der Waals surface area contributed by atoms with Gasteiger partial charge in [-0.1, -0.05) is 84.0 Å². The Morgan fingerprint density at radius 1 is 0.862 bits per heavy atom. The van der Waals surface area contributed by atoms with E-state index in [1.54, 1.807) is 13.2 Å². The number of hydrogen-bond donors (Lipinski definition) is 0. The van der Waals surface area contributed by atoms with Gasteiger partial charge in [-0.3, -0.25) is 9.59 Å². The molecule has 12 heteroatoms. The standard InChI is InChI=1S/C53H82O11Si/c1-36(2)65(37(3)4,38(5)6)64-44-22-17-23-48(58-34-40-24-27-42(56-13)28-25-40)53(12,62-47(44)35-59-50(55)51(7,8)9)32-41(54)26-29-45-49-46(61-52(10,11)63-49)31-43(60-45)21-18-30-57-33-39-19-15-14-16-20-39/h14-16,19-20,24-29,36-38,43-49H,17-18,21-23,30-35H2,1-13H3/b29-26+/t43-,44+,45-,46+,47-,48-,49-,53+/m1/s1. The number of methoxy groups -OCH3 is 1. The maximum atomic E-state index is 14.5. The maximum Gasteiger partial charge on any atom is 0.311 e. The first-order valence-electron chi connectivity index (χ1n) is 24.3. The van der Waals surface area contributed by atoms with Crippen molar-refractivity contribution in [3.8, 4) is 5.75 Å². The smallest absolute Gasteiger partial charge is 0.311 e. The van der Waals surface area contributed by atoms with Crippen molar-refractivity contribution < 1.29 is 51.9 Å². The zero-order chi connectivity index (χ0) is 47.6. The van der Waals surface area contributed by atoms with Crippen LogP contribution in [0, 0.1) is 5.41 Å². The summed E-state index contributed by atoms with van der Waals surface area (Å²) in [5, 5.41) is 0. The van der Waals surface area contributed by atoms with Crippen LogP contribution in [0.15, 0.2) is 66.7 Å². The predicted molar refractivity (Wildman–Crippen MR) is 256 cm³/mol. The van der Waals surface area contributed by atoms with Crippen LogP contribution in [-0.2, 0) is 60.4 Å². The van der Waals surface area contributed by atoms with Crippen molar-refractivity contribution in [1.82, 2.24) is 0 Å². The Kier molecular flexibility index (Phi) is 19.1. The Hall–Kier alpha value is -2.94. The van der Waals surface area contributed by atoms with Crippen LogP contribution in [0.4, 0.5) is 0 Å². The third-order valence-corrected chi connectivity index (χ3v) is 19.6. The summed E-state index contributed by atoms with van der Waals surface area (Å²) in [6.45, 7) is 26.5. The van der Waals surface area contributed by atoms with Gasteiger partial charge < -0.3 is 42.3 Å². The zero-order valence-electron chi connectivity index (χ0n) is 41.9. The summed E-state index contributed by atoms with van der Waals surface area (Å²) in [5.41, 5.74) is 1.28. The molecule has 364 valence electrons. The molecule has 0 saturated carbocycles. The van der Waals surface area contributed by atoms with Crippen LogP contribution in [0.5, 0.6) is 5.75 Å². The molecule has 5 rings (SSSR count). The van der Waals surface area contributed by atoms with Gasteiger partial charge in [-0.2, -0.15) is 0 Å². The summed E-state index contributed by atoms with van der Waals surface area (Å²) >= 11 is 0. The Labute approximate surface area is 392 Å². The number of carbonyl (C=O) groups is 2. The molecule has 3 heterocycles. The molecule has 0 amide bonds.